The summed E-state index contributed by atoms with van der Waals surface area (Å²) in [5, 5.41) is 0. The first-order valence-electron chi connectivity index (χ1n) is 4.58. The third kappa shape index (κ3) is 1.60. The van der Waals surface area contributed by atoms with Crippen molar-refractivity contribution < 1.29 is 0 Å². The van der Waals surface area contributed by atoms with Crippen molar-refractivity contribution in [2.24, 2.45) is 0 Å². The van der Waals surface area contributed by atoms with Crippen molar-refractivity contribution in [2.75, 3.05) is 18.0 Å². The van der Waals surface area contributed by atoms with Crippen LogP contribution in [-0.4, -0.2) is 13.1 Å². The smallest absolute Gasteiger partial charge is 0.0366 e. The Morgan fingerprint density at radius 2 is 1.92 bits per heavy atom. The van der Waals surface area contributed by atoms with Gasteiger partial charge in [0.15, 0.2) is 0 Å². The molecule has 0 atom stereocenters. The Hall–Kier alpha value is -0.980. The molecule has 1 aliphatic rings. The van der Waals surface area contributed by atoms with Crippen molar-refractivity contribution in [3.8, 4) is 0 Å². The summed E-state index contributed by atoms with van der Waals surface area (Å²) < 4.78 is 0. The molecule has 0 spiro atoms. The van der Waals surface area contributed by atoms with E-state index in [2.05, 4.69) is 41.7 Å². The maximum Gasteiger partial charge on any atom is 0.0366 e. The summed E-state index contributed by atoms with van der Waals surface area (Å²) in [7, 11) is 0. The predicted molar refractivity (Wildman–Crippen MR) is 52.2 cm³/mol. The molecule has 1 radical (unpaired) electrons. The first-order chi connectivity index (χ1) is 5.97. The van der Waals surface area contributed by atoms with Gasteiger partial charge in [-0.3, -0.25) is 0 Å². The van der Waals surface area contributed by atoms with E-state index < -0.39 is 0 Å². The van der Waals surface area contributed by atoms with Gasteiger partial charge in [-0.1, -0.05) is 18.2 Å². The number of nitrogens with zero attached hydrogens (tertiary/aromatic N) is 1. The molecule has 1 nitrogen and oxygen atoms in total. The van der Waals surface area contributed by atoms with Crippen LogP contribution in [0.25, 0.3) is 0 Å². The van der Waals surface area contributed by atoms with Crippen molar-refractivity contribution in [3.05, 3.63) is 36.8 Å². The van der Waals surface area contributed by atoms with Gasteiger partial charge in [0.2, 0.25) is 0 Å². The van der Waals surface area contributed by atoms with Gasteiger partial charge >= 0.3 is 0 Å². The lowest BCUT2D eigenvalue weighted by Gasteiger charge is -2.28. The van der Waals surface area contributed by atoms with E-state index in [1.54, 1.807) is 0 Å². The number of hydrogen-bond acceptors (Lipinski definition) is 1. The molecule has 1 fully saturated rings. The summed E-state index contributed by atoms with van der Waals surface area (Å²) in [5.74, 6) is 0. The fraction of sp³-hybridized carbons (Fsp3) is 0.364. The van der Waals surface area contributed by atoms with E-state index in [4.69, 9.17) is 0 Å². The first kappa shape index (κ1) is 7.66. The molecule has 0 unspecified atom stereocenters. The van der Waals surface area contributed by atoms with Crippen molar-refractivity contribution in [2.45, 2.75) is 12.8 Å². The van der Waals surface area contributed by atoms with E-state index in [-0.39, 0.29) is 0 Å². The fourth-order valence-electron chi connectivity index (χ4n) is 1.64. The molecule has 1 aliphatic heterocycles. The highest BCUT2D eigenvalue weighted by molar-refractivity contribution is 5.46. The molecule has 12 heavy (non-hydrogen) atoms. The van der Waals surface area contributed by atoms with Crippen LogP contribution < -0.4 is 4.90 Å². The molecule has 1 saturated heterocycles. The Morgan fingerprint density at radius 3 is 2.58 bits per heavy atom. The van der Waals surface area contributed by atoms with Gasteiger partial charge in [0.1, 0.15) is 0 Å². The van der Waals surface area contributed by atoms with Crippen molar-refractivity contribution >= 4 is 5.69 Å². The highest BCUT2D eigenvalue weighted by atomic mass is 15.1. The van der Waals surface area contributed by atoms with Gasteiger partial charge < -0.3 is 4.90 Å². The molecule has 0 N–H and O–H groups in total. The van der Waals surface area contributed by atoms with Crippen LogP contribution in [0.3, 0.4) is 0 Å². The summed E-state index contributed by atoms with van der Waals surface area (Å²) in [5.41, 5.74) is 1.36. The number of anilines is 1. The number of hydrogen-bond donors (Lipinski definition) is 0. The summed E-state index contributed by atoms with van der Waals surface area (Å²) in [6.07, 6.45) is 4.94. The molecular weight excluding hydrogens is 146 g/mol. The highest BCUT2D eigenvalue weighted by Gasteiger charge is 2.09. The zero-order chi connectivity index (χ0) is 8.23. The van der Waals surface area contributed by atoms with Crippen molar-refractivity contribution in [1.82, 2.24) is 0 Å². The van der Waals surface area contributed by atoms with Crippen LogP contribution >= 0.6 is 0 Å². The Morgan fingerprint density at radius 1 is 1.08 bits per heavy atom. The van der Waals surface area contributed by atoms with Gasteiger partial charge in [-0.25, -0.2) is 0 Å². The summed E-state index contributed by atoms with van der Waals surface area (Å²) in [6, 6.07) is 10.6. The van der Waals surface area contributed by atoms with E-state index >= 15 is 0 Å². The maximum atomic E-state index is 2.42. The minimum Gasteiger partial charge on any atom is -0.371 e. The summed E-state index contributed by atoms with van der Waals surface area (Å²) >= 11 is 0. The van der Waals surface area contributed by atoms with E-state index in [0.717, 1.165) is 6.54 Å². The molecule has 0 bridgehead atoms. The molecule has 2 rings (SSSR count). The summed E-state index contributed by atoms with van der Waals surface area (Å²) in [6.45, 7) is 2.32. The zero-order valence-corrected chi connectivity index (χ0v) is 7.24. The van der Waals surface area contributed by atoms with Crippen LogP contribution in [0.5, 0.6) is 0 Å². The monoisotopic (exact) mass is 160 g/mol. The van der Waals surface area contributed by atoms with Crippen LogP contribution in [0.4, 0.5) is 5.69 Å². The zero-order valence-electron chi connectivity index (χ0n) is 7.24. The Kier molecular flexibility index (Phi) is 2.31. The molecule has 0 aliphatic carbocycles. The molecule has 0 amide bonds. The molecule has 0 aromatic heterocycles. The second kappa shape index (κ2) is 3.61. The van der Waals surface area contributed by atoms with Crippen LogP contribution in [0.15, 0.2) is 30.3 Å². The van der Waals surface area contributed by atoms with Crippen LogP contribution in [0.2, 0.25) is 0 Å². The molecule has 0 saturated carbocycles. The van der Waals surface area contributed by atoms with E-state index in [1.165, 1.54) is 25.1 Å². The molecule has 63 valence electrons. The third-order valence-corrected chi connectivity index (χ3v) is 2.31. The summed E-state index contributed by atoms with van der Waals surface area (Å²) in [4.78, 5) is 2.42. The second-order valence-electron chi connectivity index (χ2n) is 3.21. The van der Waals surface area contributed by atoms with Crippen LogP contribution in [0, 0.1) is 6.42 Å². The van der Waals surface area contributed by atoms with Gasteiger partial charge in [-0.2, -0.15) is 0 Å². The molecule has 1 aromatic rings. The average Bonchev–Trinajstić information content (AvgIpc) is 2.21. The number of piperidine rings is 1. The van der Waals surface area contributed by atoms with Gasteiger partial charge in [-0.05, 0) is 31.4 Å². The Balaban J connectivity index is 2.08. The van der Waals surface area contributed by atoms with Gasteiger partial charge in [0.05, 0.1) is 0 Å². The SMILES string of the molecule is [CH]1CCCN(c2ccccc2)C1. The lowest BCUT2D eigenvalue weighted by Crippen LogP contribution is -2.29. The fourth-order valence-corrected chi connectivity index (χ4v) is 1.64. The minimum atomic E-state index is 1.12. The largest absolute Gasteiger partial charge is 0.371 e. The van der Waals surface area contributed by atoms with E-state index in [9.17, 15) is 0 Å². The number of rotatable bonds is 1. The third-order valence-electron chi connectivity index (χ3n) is 2.31. The second-order valence-corrected chi connectivity index (χ2v) is 3.21. The van der Waals surface area contributed by atoms with Crippen molar-refractivity contribution in [3.63, 3.8) is 0 Å². The van der Waals surface area contributed by atoms with Gasteiger partial charge in [0.25, 0.3) is 0 Å². The molecule has 1 aromatic carbocycles. The highest BCUT2D eigenvalue weighted by Crippen LogP contribution is 2.17. The van der Waals surface area contributed by atoms with Crippen LogP contribution in [0.1, 0.15) is 12.8 Å². The van der Waals surface area contributed by atoms with Gasteiger partial charge in [-0.15, -0.1) is 0 Å². The normalized spacial score (nSPS) is 17.8. The number of para-hydroxylation sites is 1. The van der Waals surface area contributed by atoms with Crippen molar-refractivity contribution in [1.29, 1.82) is 0 Å². The van der Waals surface area contributed by atoms with E-state index in [1.807, 2.05) is 0 Å². The standard InChI is InChI=1S/C11H14N/c1-3-7-11(8-4-1)12-9-5-2-6-10-12/h1,3-5,7-8H,2,6,9-10H2. The number of benzene rings is 1. The maximum absolute atomic E-state index is 2.42. The minimum absolute atomic E-state index is 1.12. The first-order valence-corrected chi connectivity index (χ1v) is 4.58. The quantitative estimate of drug-likeness (QED) is 0.610. The topological polar surface area (TPSA) is 3.24 Å². The average molecular weight is 160 g/mol. The van der Waals surface area contributed by atoms with E-state index in [0.29, 0.717) is 0 Å². The molecular formula is C11H14N. The van der Waals surface area contributed by atoms with Gasteiger partial charge in [0, 0.05) is 18.8 Å². The predicted octanol–water partition coefficient (Wildman–Crippen LogP) is 2.49. The molecule has 1 heterocycles. The lowest BCUT2D eigenvalue weighted by molar-refractivity contribution is 0.671. The lowest BCUT2D eigenvalue weighted by atomic mass is 10.1. The Labute approximate surface area is 74.0 Å². The van der Waals surface area contributed by atoms with Crippen LogP contribution in [-0.2, 0) is 0 Å². The Bertz CT molecular complexity index is 224. The molecule has 1 heteroatoms.